The van der Waals surface area contributed by atoms with Crippen LogP contribution in [0.1, 0.15) is 5.56 Å². The van der Waals surface area contributed by atoms with Crippen LogP contribution in [-0.2, 0) is 16.0 Å². The number of halogens is 1. The second-order valence-electron chi connectivity index (χ2n) is 4.09. The van der Waals surface area contributed by atoms with Gasteiger partial charge in [0.25, 0.3) is 0 Å². The van der Waals surface area contributed by atoms with Gasteiger partial charge in [-0.25, -0.2) is 4.39 Å². The first-order valence-corrected chi connectivity index (χ1v) is 5.86. The molecule has 0 spiro atoms. The molecule has 0 aliphatic rings. The average Bonchev–Trinajstić information content (AvgIpc) is 2.41. The van der Waals surface area contributed by atoms with Gasteiger partial charge < -0.3 is 10.1 Å². The number of esters is 1. The molecule has 3 nitrogen and oxygen atoms in total. The minimum Gasteiger partial charge on any atom is -0.469 e. The van der Waals surface area contributed by atoms with Crippen LogP contribution in [0.25, 0.3) is 0 Å². The van der Waals surface area contributed by atoms with Gasteiger partial charge in [0.2, 0.25) is 0 Å². The van der Waals surface area contributed by atoms with Gasteiger partial charge in [-0.2, -0.15) is 0 Å². The van der Waals surface area contributed by atoms with E-state index in [1.807, 2.05) is 24.3 Å². The Morgan fingerprint density at radius 3 is 2.53 bits per heavy atom. The summed E-state index contributed by atoms with van der Waals surface area (Å²) in [6.07, 6.45) is 0.247. The van der Waals surface area contributed by atoms with Crippen LogP contribution in [-0.4, -0.2) is 13.1 Å². The Balaban J connectivity index is 2.04. The summed E-state index contributed by atoms with van der Waals surface area (Å²) in [5.41, 5.74) is 2.39. The van der Waals surface area contributed by atoms with Crippen molar-refractivity contribution in [1.82, 2.24) is 0 Å². The molecule has 0 atom stereocenters. The Kier molecular flexibility index (Phi) is 4.13. The fraction of sp³-hybridized carbons (Fsp3) is 0.133. The SMILES string of the molecule is COC(=O)Cc1ccc(Nc2cccc(F)c2)cc1. The minimum absolute atomic E-state index is 0.247. The third-order valence-electron chi connectivity index (χ3n) is 2.64. The van der Waals surface area contributed by atoms with Gasteiger partial charge in [-0.15, -0.1) is 0 Å². The normalized spacial score (nSPS) is 10.0. The molecule has 0 aliphatic heterocycles. The fourth-order valence-electron chi connectivity index (χ4n) is 1.68. The molecule has 0 unspecified atom stereocenters. The van der Waals surface area contributed by atoms with E-state index >= 15 is 0 Å². The number of rotatable bonds is 4. The van der Waals surface area contributed by atoms with Crippen molar-refractivity contribution in [2.24, 2.45) is 0 Å². The molecule has 0 fully saturated rings. The molecule has 1 N–H and O–H groups in total. The molecular weight excluding hydrogens is 245 g/mol. The molecule has 98 valence electrons. The largest absolute Gasteiger partial charge is 0.469 e. The molecule has 2 rings (SSSR count). The highest BCUT2D eigenvalue weighted by molar-refractivity contribution is 5.72. The lowest BCUT2D eigenvalue weighted by Crippen LogP contribution is -2.04. The lowest BCUT2D eigenvalue weighted by molar-refractivity contribution is -0.139. The predicted octanol–water partition coefficient (Wildman–Crippen LogP) is 3.28. The van der Waals surface area contributed by atoms with Gasteiger partial charge >= 0.3 is 5.97 Å². The summed E-state index contributed by atoms with van der Waals surface area (Å²) in [6.45, 7) is 0. The summed E-state index contributed by atoms with van der Waals surface area (Å²) in [6, 6.07) is 13.6. The molecule has 0 amide bonds. The quantitative estimate of drug-likeness (QED) is 0.856. The van der Waals surface area contributed by atoms with E-state index in [0.29, 0.717) is 5.69 Å². The Bertz CT molecular complexity index is 567. The highest BCUT2D eigenvalue weighted by Crippen LogP contribution is 2.18. The summed E-state index contributed by atoms with van der Waals surface area (Å²) in [7, 11) is 1.36. The number of hydrogen-bond donors (Lipinski definition) is 1. The number of ether oxygens (including phenoxy) is 1. The first kappa shape index (κ1) is 13.1. The van der Waals surface area contributed by atoms with E-state index in [1.165, 1.54) is 19.2 Å². The number of methoxy groups -OCH3 is 1. The minimum atomic E-state index is -0.285. The molecule has 2 aromatic carbocycles. The molecular formula is C15H14FNO2. The Labute approximate surface area is 111 Å². The van der Waals surface area contributed by atoms with Crippen LogP contribution >= 0.6 is 0 Å². The maximum Gasteiger partial charge on any atom is 0.309 e. The van der Waals surface area contributed by atoms with E-state index in [2.05, 4.69) is 10.1 Å². The van der Waals surface area contributed by atoms with Crippen LogP contribution in [0.4, 0.5) is 15.8 Å². The Morgan fingerprint density at radius 2 is 1.89 bits per heavy atom. The molecule has 0 radical (unpaired) electrons. The van der Waals surface area contributed by atoms with Crippen molar-refractivity contribution in [3.63, 3.8) is 0 Å². The van der Waals surface area contributed by atoms with Gasteiger partial charge in [0.05, 0.1) is 13.5 Å². The van der Waals surface area contributed by atoms with E-state index in [0.717, 1.165) is 11.3 Å². The maximum absolute atomic E-state index is 13.0. The van der Waals surface area contributed by atoms with Crippen LogP contribution in [0.15, 0.2) is 48.5 Å². The van der Waals surface area contributed by atoms with Crippen LogP contribution in [0.3, 0.4) is 0 Å². The molecule has 0 saturated heterocycles. The number of carbonyl (C=O) groups is 1. The van der Waals surface area contributed by atoms with Gasteiger partial charge in [-0.05, 0) is 35.9 Å². The third kappa shape index (κ3) is 3.81. The van der Waals surface area contributed by atoms with Gasteiger partial charge in [0.15, 0.2) is 0 Å². The van der Waals surface area contributed by atoms with Crippen molar-refractivity contribution < 1.29 is 13.9 Å². The second-order valence-corrected chi connectivity index (χ2v) is 4.09. The van der Waals surface area contributed by atoms with Gasteiger partial charge in [0.1, 0.15) is 5.82 Å². The summed E-state index contributed by atoms with van der Waals surface area (Å²) in [5, 5.41) is 3.08. The van der Waals surface area contributed by atoms with Crippen molar-refractivity contribution in [2.75, 3.05) is 12.4 Å². The van der Waals surface area contributed by atoms with E-state index in [9.17, 15) is 9.18 Å². The van der Waals surface area contributed by atoms with E-state index in [1.54, 1.807) is 12.1 Å². The molecule has 19 heavy (non-hydrogen) atoms. The summed E-state index contributed by atoms with van der Waals surface area (Å²) in [4.78, 5) is 11.1. The molecule has 0 heterocycles. The molecule has 2 aromatic rings. The standard InChI is InChI=1S/C15H14FNO2/c1-19-15(18)9-11-5-7-13(8-6-11)17-14-4-2-3-12(16)10-14/h2-8,10,17H,9H2,1H3. The van der Waals surface area contributed by atoms with Gasteiger partial charge in [-0.1, -0.05) is 18.2 Å². The zero-order valence-electron chi connectivity index (χ0n) is 10.5. The van der Waals surface area contributed by atoms with Crippen molar-refractivity contribution in [1.29, 1.82) is 0 Å². The van der Waals surface area contributed by atoms with Crippen molar-refractivity contribution >= 4 is 17.3 Å². The molecule has 0 aromatic heterocycles. The van der Waals surface area contributed by atoms with Crippen LogP contribution in [0.5, 0.6) is 0 Å². The highest BCUT2D eigenvalue weighted by Gasteiger charge is 2.02. The zero-order valence-corrected chi connectivity index (χ0v) is 10.5. The maximum atomic E-state index is 13.0. The third-order valence-corrected chi connectivity index (χ3v) is 2.64. The fourth-order valence-corrected chi connectivity index (χ4v) is 1.68. The van der Waals surface area contributed by atoms with Crippen LogP contribution < -0.4 is 5.32 Å². The average molecular weight is 259 g/mol. The summed E-state index contributed by atoms with van der Waals surface area (Å²) < 4.78 is 17.6. The lowest BCUT2D eigenvalue weighted by Gasteiger charge is -2.07. The van der Waals surface area contributed by atoms with Crippen molar-refractivity contribution in [3.05, 3.63) is 59.9 Å². The topological polar surface area (TPSA) is 38.3 Å². The molecule has 0 saturated carbocycles. The predicted molar refractivity (Wildman–Crippen MR) is 71.8 cm³/mol. The number of nitrogens with one attached hydrogen (secondary N) is 1. The Morgan fingerprint density at radius 1 is 1.16 bits per heavy atom. The molecule has 0 aliphatic carbocycles. The monoisotopic (exact) mass is 259 g/mol. The van der Waals surface area contributed by atoms with Crippen molar-refractivity contribution in [3.8, 4) is 0 Å². The molecule has 0 bridgehead atoms. The van der Waals surface area contributed by atoms with Crippen molar-refractivity contribution in [2.45, 2.75) is 6.42 Å². The first-order chi connectivity index (χ1) is 9.17. The number of benzene rings is 2. The van der Waals surface area contributed by atoms with E-state index in [-0.39, 0.29) is 18.2 Å². The Hall–Kier alpha value is -2.36. The summed E-state index contributed by atoms with van der Waals surface area (Å²) >= 11 is 0. The molecule has 4 heteroatoms. The zero-order chi connectivity index (χ0) is 13.7. The number of anilines is 2. The number of carbonyl (C=O) groups excluding carboxylic acids is 1. The van der Waals surface area contributed by atoms with E-state index < -0.39 is 0 Å². The second kappa shape index (κ2) is 6.00. The van der Waals surface area contributed by atoms with Crippen LogP contribution in [0, 0.1) is 5.82 Å². The van der Waals surface area contributed by atoms with E-state index in [4.69, 9.17) is 0 Å². The van der Waals surface area contributed by atoms with Gasteiger partial charge in [0, 0.05) is 11.4 Å². The smallest absolute Gasteiger partial charge is 0.309 e. The first-order valence-electron chi connectivity index (χ1n) is 5.86. The van der Waals surface area contributed by atoms with Gasteiger partial charge in [-0.3, -0.25) is 4.79 Å². The summed E-state index contributed by atoms with van der Waals surface area (Å²) in [5.74, 6) is -0.557. The van der Waals surface area contributed by atoms with Crippen LogP contribution in [0.2, 0.25) is 0 Å². The highest BCUT2D eigenvalue weighted by atomic mass is 19.1. The number of hydrogen-bond acceptors (Lipinski definition) is 3. The lowest BCUT2D eigenvalue weighted by atomic mass is 10.1.